The number of hydrogen-bond donors (Lipinski definition) is 1. The zero-order valence-electron chi connectivity index (χ0n) is 9.73. The van der Waals surface area contributed by atoms with Crippen molar-refractivity contribution in [1.82, 2.24) is 0 Å². The Balaban J connectivity index is 2.41. The number of ether oxygens (including phenoxy) is 1. The summed E-state index contributed by atoms with van der Waals surface area (Å²) in [6, 6.07) is 12.9. The van der Waals surface area contributed by atoms with Gasteiger partial charge in [0.05, 0.1) is 7.11 Å². The van der Waals surface area contributed by atoms with E-state index in [1.807, 2.05) is 24.3 Å². The van der Waals surface area contributed by atoms with Crippen LogP contribution in [-0.2, 0) is 0 Å². The second-order valence-electron chi connectivity index (χ2n) is 3.84. The zero-order valence-corrected chi connectivity index (χ0v) is 12.6. The molecule has 0 fully saturated rings. The summed E-state index contributed by atoms with van der Waals surface area (Å²) in [5.74, 6) is 0.630. The van der Waals surface area contributed by atoms with Crippen LogP contribution in [0.2, 0.25) is 5.02 Å². The normalized spacial score (nSPS) is 12.2. The minimum absolute atomic E-state index is 0.579. The monoisotopic (exact) mass is 374 g/mol. The maximum absolute atomic E-state index is 10.4. The predicted molar refractivity (Wildman–Crippen MR) is 81.2 cm³/mol. The fraction of sp³-hybridized carbons (Fsp3) is 0.143. The zero-order chi connectivity index (χ0) is 13.1. The van der Waals surface area contributed by atoms with Gasteiger partial charge < -0.3 is 9.84 Å². The first-order valence-electron chi connectivity index (χ1n) is 5.39. The van der Waals surface area contributed by atoms with Crippen LogP contribution in [0.1, 0.15) is 17.2 Å². The number of methoxy groups -OCH3 is 1. The molecule has 0 aliphatic carbocycles. The van der Waals surface area contributed by atoms with Crippen molar-refractivity contribution in [2.45, 2.75) is 6.10 Å². The Kier molecular flexibility index (Phi) is 4.48. The summed E-state index contributed by atoms with van der Waals surface area (Å²) in [5.41, 5.74) is 1.49. The van der Waals surface area contributed by atoms with Crippen LogP contribution >= 0.6 is 34.2 Å². The molecule has 2 aromatic rings. The number of aliphatic hydroxyl groups excluding tert-OH is 1. The summed E-state index contributed by atoms with van der Waals surface area (Å²) >= 11 is 8.19. The van der Waals surface area contributed by atoms with Gasteiger partial charge in [0, 0.05) is 14.2 Å². The molecule has 0 aliphatic rings. The van der Waals surface area contributed by atoms with Crippen LogP contribution in [0.3, 0.4) is 0 Å². The number of aliphatic hydroxyl groups is 1. The van der Waals surface area contributed by atoms with Crippen molar-refractivity contribution in [3.63, 3.8) is 0 Å². The van der Waals surface area contributed by atoms with Gasteiger partial charge in [-0.2, -0.15) is 0 Å². The molecule has 0 heterocycles. The molecule has 1 unspecified atom stereocenters. The van der Waals surface area contributed by atoms with Crippen molar-refractivity contribution in [2.75, 3.05) is 7.11 Å². The van der Waals surface area contributed by atoms with Gasteiger partial charge >= 0.3 is 0 Å². The third-order valence-electron chi connectivity index (χ3n) is 2.67. The molecule has 18 heavy (non-hydrogen) atoms. The molecule has 0 amide bonds. The van der Waals surface area contributed by atoms with E-state index in [0.717, 1.165) is 9.13 Å². The lowest BCUT2D eigenvalue weighted by Gasteiger charge is -2.15. The van der Waals surface area contributed by atoms with Crippen LogP contribution in [-0.4, -0.2) is 12.2 Å². The van der Waals surface area contributed by atoms with Gasteiger partial charge in [-0.05, 0) is 58.5 Å². The Labute approximate surface area is 125 Å². The summed E-state index contributed by atoms with van der Waals surface area (Å²) in [6.07, 6.45) is -0.740. The smallest absolute Gasteiger partial charge is 0.125 e. The topological polar surface area (TPSA) is 29.5 Å². The van der Waals surface area contributed by atoms with E-state index in [0.29, 0.717) is 16.3 Å². The van der Waals surface area contributed by atoms with E-state index in [4.69, 9.17) is 16.3 Å². The van der Waals surface area contributed by atoms with Crippen molar-refractivity contribution >= 4 is 34.2 Å². The van der Waals surface area contributed by atoms with Crippen molar-refractivity contribution in [3.05, 3.63) is 62.2 Å². The fourth-order valence-corrected chi connectivity index (χ4v) is 2.28. The Hall–Kier alpha value is -0.780. The average Bonchev–Trinajstić information content (AvgIpc) is 2.39. The maximum atomic E-state index is 10.4. The van der Waals surface area contributed by atoms with Gasteiger partial charge in [0.1, 0.15) is 11.9 Å². The molecule has 0 aromatic heterocycles. The van der Waals surface area contributed by atoms with Crippen LogP contribution in [0.15, 0.2) is 42.5 Å². The Morgan fingerprint density at radius 1 is 1.17 bits per heavy atom. The molecule has 4 heteroatoms. The van der Waals surface area contributed by atoms with Gasteiger partial charge in [-0.15, -0.1) is 0 Å². The first-order chi connectivity index (χ1) is 8.61. The first-order valence-corrected chi connectivity index (χ1v) is 6.84. The average molecular weight is 375 g/mol. The molecule has 0 saturated carbocycles. The number of rotatable bonds is 3. The van der Waals surface area contributed by atoms with E-state index in [1.54, 1.807) is 25.3 Å². The Bertz CT molecular complexity index is 540. The number of benzene rings is 2. The lowest BCUT2D eigenvalue weighted by molar-refractivity contribution is 0.214. The summed E-state index contributed by atoms with van der Waals surface area (Å²) in [4.78, 5) is 0. The van der Waals surface area contributed by atoms with Crippen molar-refractivity contribution in [3.8, 4) is 5.75 Å². The Morgan fingerprint density at radius 3 is 2.44 bits per heavy atom. The van der Waals surface area contributed by atoms with Crippen molar-refractivity contribution in [1.29, 1.82) is 0 Å². The molecular formula is C14H12ClIO2. The van der Waals surface area contributed by atoms with Crippen LogP contribution in [0.5, 0.6) is 5.75 Å². The summed E-state index contributed by atoms with van der Waals surface area (Å²) in [5, 5.41) is 11.0. The highest BCUT2D eigenvalue weighted by molar-refractivity contribution is 14.1. The van der Waals surface area contributed by atoms with Crippen molar-refractivity contribution in [2.24, 2.45) is 0 Å². The molecule has 2 aromatic carbocycles. The molecule has 0 bridgehead atoms. The van der Waals surface area contributed by atoms with Gasteiger partial charge in [0.15, 0.2) is 0 Å². The van der Waals surface area contributed by atoms with Gasteiger partial charge in [-0.25, -0.2) is 0 Å². The number of hydrogen-bond acceptors (Lipinski definition) is 2. The molecule has 0 aliphatic heterocycles. The van der Waals surface area contributed by atoms with E-state index < -0.39 is 6.10 Å². The van der Waals surface area contributed by atoms with E-state index in [-0.39, 0.29) is 0 Å². The summed E-state index contributed by atoms with van der Waals surface area (Å²) < 4.78 is 6.37. The molecule has 1 N–H and O–H groups in total. The second-order valence-corrected chi connectivity index (χ2v) is 5.52. The third-order valence-corrected chi connectivity index (χ3v) is 3.63. The minimum Gasteiger partial charge on any atom is -0.496 e. The van der Waals surface area contributed by atoms with E-state index in [9.17, 15) is 5.11 Å². The predicted octanol–water partition coefficient (Wildman–Crippen LogP) is 4.03. The molecule has 94 valence electrons. The highest BCUT2D eigenvalue weighted by atomic mass is 127. The SMILES string of the molecule is COc1ccc(Cl)cc1C(O)c1ccc(I)cc1. The lowest BCUT2D eigenvalue weighted by atomic mass is 10.0. The van der Waals surface area contributed by atoms with Gasteiger partial charge in [0.2, 0.25) is 0 Å². The van der Waals surface area contributed by atoms with E-state index in [1.165, 1.54) is 0 Å². The number of halogens is 2. The second kappa shape index (κ2) is 5.91. The Morgan fingerprint density at radius 2 is 1.83 bits per heavy atom. The maximum Gasteiger partial charge on any atom is 0.125 e. The molecular weight excluding hydrogens is 363 g/mol. The lowest BCUT2D eigenvalue weighted by Crippen LogP contribution is -2.02. The first kappa shape index (κ1) is 13.6. The van der Waals surface area contributed by atoms with Crippen LogP contribution < -0.4 is 4.74 Å². The molecule has 2 rings (SSSR count). The molecule has 0 saturated heterocycles. The van der Waals surface area contributed by atoms with Crippen LogP contribution in [0.25, 0.3) is 0 Å². The van der Waals surface area contributed by atoms with Crippen LogP contribution in [0.4, 0.5) is 0 Å². The van der Waals surface area contributed by atoms with Gasteiger partial charge in [-0.3, -0.25) is 0 Å². The van der Waals surface area contributed by atoms with Crippen LogP contribution in [0, 0.1) is 3.57 Å². The van der Waals surface area contributed by atoms with Gasteiger partial charge in [-0.1, -0.05) is 23.7 Å². The van der Waals surface area contributed by atoms with Gasteiger partial charge in [0.25, 0.3) is 0 Å². The highest BCUT2D eigenvalue weighted by Crippen LogP contribution is 2.32. The minimum atomic E-state index is -0.740. The van der Waals surface area contributed by atoms with E-state index in [2.05, 4.69) is 22.6 Å². The molecule has 2 nitrogen and oxygen atoms in total. The quantitative estimate of drug-likeness (QED) is 0.822. The summed E-state index contributed by atoms with van der Waals surface area (Å²) in [6.45, 7) is 0. The molecule has 1 atom stereocenters. The standard InChI is InChI=1S/C14H12ClIO2/c1-18-13-7-4-10(15)8-12(13)14(17)9-2-5-11(16)6-3-9/h2-8,14,17H,1H3. The largest absolute Gasteiger partial charge is 0.496 e. The summed E-state index contributed by atoms with van der Waals surface area (Å²) in [7, 11) is 1.58. The van der Waals surface area contributed by atoms with E-state index >= 15 is 0 Å². The fourth-order valence-electron chi connectivity index (χ4n) is 1.74. The molecule has 0 radical (unpaired) electrons. The van der Waals surface area contributed by atoms with Crippen molar-refractivity contribution < 1.29 is 9.84 Å². The third kappa shape index (κ3) is 2.96. The molecule has 0 spiro atoms. The highest BCUT2D eigenvalue weighted by Gasteiger charge is 2.15.